The zero-order valence-corrected chi connectivity index (χ0v) is 16.1. The SMILES string of the molecule is COC(=O)c1ccccc1S(=O)(=O)NC(=O)Nc1nc(C)nc(OC)n1.[Ni]. The van der Waals surface area contributed by atoms with E-state index >= 15 is 0 Å². The number of urea groups is 1. The van der Waals surface area contributed by atoms with Gasteiger partial charge in [0.2, 0.25) is 5.95 Å². The average molecular weight is 440 g/mol. The second-order valence-corrected chi connectivity index (χ2v) is 6.39. The summed E-state index contributed by atoms with van der Waals surface area (Å²) < 4.78 is 36.0. The van der Waals surface area contributed by atoms with Crippen LogP contribution in [0.1, 0.15) is 16.2 Å². The molecule has 0 bridgehead atoms. The van der Waals surface area contributed by atoms with Gasteiger partial charge >= 0.3 is 18.0 Å². The second kappa shape index (κ2) is 9.24. The van der Waals surface area contributed by atoms with Gasteiger partial charge in [0.15, 0.2) is 0 Å². The molecule has 2 aromatic rings. The summed E-state index contributed by atoms with van der Waals surface area (Å²) in [5, 5.41) is 2.16. The van der Waals surface area contributed by atoms with Gasteiger partial charge in [-0.25, -0.2) is 22.7 Å². The first-order chi connectivity index (χ1) is 12.3. The Balaban J connectivity index is 0.00000364. The molecular weight excluding hydrogens is 425 g/mol. The summed E-state index contributed by atoms with van der Waals surface area (Å²) in [6.45, 7) is 1.54. The van der Waals surface area contributed by atoms with Crippen LogP contribution in [0.4, 0.5) is 10.7 Å². The number of hydrogen-bond acceptors (Lipinski definition) is 9. The van der Waals surface area contributed by atoms with E-state index in [2.05, 4.69) is 25.0 Å². The Morgan fingerprint density at radius 3 is 2.37 bits per heavy atom. The van der Waals surface area contributed by atoms with Crippen LogP contribution in [0.25, 0.3) is 0 Å². The molecule has 0 unspecified atom stereocenters. The van der Waals surface area contributed by atoms with Crippen LogP contribution in [0.3, 0.4) is 0 Å². The number of aromatic nitrogens is 3. The van der Waals surface area contributed by atoms with Gasteiger partial charge < -0.3 is 9.47 Å². The van der Waals surface area contributed by atoms with Crippen molar-refractivity contribution in [2.75, 3.05) is 19.5 Å². The zero-order chi connectivity index (χ0) is 19.3. The van der Waals surface area contributed by atoms with Crippen LogP contribution in [-0.4, -0.2) is 49.6 Å². The van der Waals surface area contributed by atoms with Gasteiger partial charge in [0.1, 0.15) is 10.7 Å². The number of nitrogens with one attached hydrogen (secondary N) is 2. The molecule has 0 aliphatic heterocycles. The number of sulfonamides is 1. The van der Waals surface area contributed by atoms with E-state index in [4.69, 9.17) is 4.74 Å². The Kier molecular flexibility index (Phi) is 7.61. The zero-order valence-electron chi connectivity index (χ0n) is 14.3. The molecule has 11 nitrogen and oxygen atoms in total. The number of esters is 1. The van der Waals surface area contributed by atoms with E-state index in [9.17, 15) is 18.0 Å². The van der Waals surface area contributed by atoms with Crippen LogP contribution < -0.4 is 14.8 Å². The summed E-state index contributed by atoms with van der Waals surface area (Å²) in [6.07, 6.45) is 0. The third kappa shape index (κ3) is 5.59. The number of amides is 2. The molecule has 0 saturated heterocycles. The average Bonchev–Trinajstić information content (AvgIpc) is 2.59. The van der Waals surface area contributed by atoms with Gasteiger partial charge in [0.25, 0.3) is 10.0 Å². The minimum absolute atomic E-state index is 0. The van der Waals surface area contributed by atoms with Crippen LogP contribution >= 0.6 is 0 Å². The third-order valence-electron chi connectivity index (χ3n) is 2.94. The molecule has 0 saturated carbocycles. The van der Waals surface area contributed by atoms with Crippen LogP contribution in [0, 0.1) is 6.92 Å². The minimum atomic E-state index is -4.36. The van der Waals surface area contributed by atoms with Gasteiger partial charge in [-0.15, -0.1) is 0 Å². The third-order valence-corrected chi connectivity index (χ3v) is 4.33. The van der Waals surface area contributed by atoms with E-state index in [1.54, 1.807) is 4.72 Å². The van der Waals surface area contributed by atoms with Gasteiger partial charge in [-0.1, -0.05) is 12.1 Å². The number of anilines is 1. The standard InChI is InChI=1S/C14H15N5O6S.Ni/c1-8-15-12(18-14(16-8)25-3)17-13(21)19-26(22,23)10-7-5-4-6-9(10)11(20)24-2;/h4-7H,1-3H3,(H2,15,16,17,18,19,21);. The molecule has 0 fully saturated rings. The normalized spacial score (nSPS) is 10.3. The van der Waals surface area contributed by atoms with Gasteiger partial charge in [0.05, 0.1) is 19.8 Å². The van der Waals surface area contributed by atoms with Crippen LogP contribution in [0.15, 0.2) is 29.2 Å². The molecule has 2 N–H and O–H groups in total. The number of rotatable bonds is 5. The van der Waals surface area contributed by atoms with Crippen molar-refractivity contribution in [1.29, 1.82) is 0 Å². The van der Waals surface area contributed by atoms with Crippen molar-refractivity contribution in [3.8, 4) is 6.01 Å². The first kappa shape index (κ1) is 22.3. The van der Waals surface area contributed by atoms with E-state index in [-0.39, 0.29) is 39.8 Å². The fourth-order valence-corrected chi connectivity index (χ4v) is 2.99. The van der Waals surface area contributed by atoms with E-state index in [1.165, 1.54) is 32.2 Å². The number of carbonyl (C=O) groups is 2. The summed E-state index contributed by atoms with van der Waals surface area (Å²) in [4.78, 5) is 34.7. The molecule has 1 heterocycles. The predicted octanol–water partition coefficient (Wildman–Crippen LogP) is 0.483. The van der Waals surface area contributed by atoms with Gasteiger partial charge in [-0.2, -0.15) is 15.0 Å². The molecule has 1 aromatic carbocycles. The number of aryl methyl sites for hydroxylation is 1. The Morgan fingerprint density at radius 1 is 1.07 bits per heavy atom. The van der Waals surface area contributed by atoms with Crippen molar-refractivity contribution >= 4 is 28.0 Å². The fraction of sp³-hybridized carbons (Fsp3) is 0.214. The maximum Gasteiger partial charge on any atom is 0.339 e. The topological polar surface area (TPSA) is 149 Å². The van der Waals surface area contributed by atoms with Crippen molar-refractivity contribution < 1.29 is 44.0 Å². The monoisotopic (exact) mass is 439 g/mol. The Hall–Kier alpha value is -2.79. The first-order valence-electron chi connectivity index (χ1n) is 7.04. The van der Waals surface area contributed by atoms with E-state index in [0.717, 1.165) is 13.2 Å². The number of methoxy groups -OCH3 is 2. The van der Waals surface area contributed by atoms with Crippen molar-refractivity contribution in [2.24, 2.45) is 0 Å². The molecule has 0 aliphatic rings. The van der Waals surface area contributed by atoms with Crippen molar-refractivity contribution in [3.63, 3.8) is 0 Å². The summed E-state index contributed by atoms with van der Waals surface area (Å²) in [5.74, 6) is -0.807. The maximum atomic E-state index is 12.4. The summed E-state index contributed by atoms with van der Waals surface area (Å²) in [7, 11) is -1.92. The van der Waals surface area contributed by atoms with Crippen molar-refractivity contribution in [3.05, 3.63) is 35.7 Å². The number of hydrogen-bond donors (Lipinski definition) is 2. The van der Waals surface area contributed by atoms with E-state index in [0.29, 0.717) is 0 Å². The summed E-state index contributed by atoms with van der Waals surface area (Å²) in [5.41, 5.74) is -0.215. The predicted molar refractivity (Wildman–Crippen MR) is 88.2 cm³/mol. The summed E-state index contributed by atoms with van der Waals surface area (Å²) in [6, 6.07) is 4.12. The first-order valence-corrected chi connectivity index (χ1v) is 8.53. The number of nitrogens with zero attached hydrogens (tertiary/aromatic N) is 3. The fourth-order valence-electron chi connectivity index (χ4n) is 1.89. The quantitative estimate of drug-likeness (QED) is 0.500. The maximum absolute atomic E-state index is 12.4. The Bertz CT molecular complexity index is 953. The molecule has 0 atom stereocenters. The number of benzene rings is 1. The van der Waals surface area contributed by atoms with Crippen molar-refractivity contribution in [2.45, 2.75) is 11.8 Å². The molecule has 2 amide bonds. The van der Waals surface area contributed by atoms with Gasteiger partial charge in [0, 0.05) is 16.5 Å². The molecule has 27 heavy (non-hydrogen) atoms. The largest absolute Gasteiger partial charge is 0.467 e. The van der Waals surface area contributed by atoms with Gasteiger partial charge in [-0.3, -0.25) is 5.32 Å². The Labute approximate surface area is 164 Å². The molecule has 0 spiro atoms. The van der Waals surface area contributed by atoms with E-state index < -0.39 is 26.9 Å². The van der Waals surface area contributed by atoms with Crippen molar-refractivity contribution in [1.82, 2.24) is 19.7 Å². The molecule has 0 radical (unpaired) electrons. The molecule has 148 valence electrons. The summed E-state index contributed by atoms with van der Waals surface area (Å²) >= 11 is 0. The van der Waals surface area contributed by atoms with Crippen LogP contribution in [0.2, 0.25) is 0 Å². The molecule has 1 aromatic heterocycles. The molecule has 0 aliphatic carbocycles. The minimum Gasteiger partial charge on any atom is -0.467 e. The molecule has 2 rings (SSSR count). The van der Waals surface area contributed by atoms with Gasteiger partial charge in [-0.05, 0) is 19.1 Å². The molecule has 13 heteroatoms. The number of ether oxygens (including phenoxy) is 2. The van der Waals surface area contributed by atoms with Crippen LogP contribution in [-0.2, 0) is 31.3 Å². The smallest absolute Gasteiger partial charge is 0.339 e. The van der Waals surface area contributed by atoms with E-state index in [1.807, 2.05) is 0 Å². The number of carbonyl (C=O) groups excluding carboxylic acids is 2. The Morgan fingerprint density at radius 2 is 1.74 bits per heavy atom. The molecular formula is C14H15N5NiO6S. The van der Waals surface area contributed by atoms with Crippen LogP contribution in [0.5, 0.6) is 6.01 Å². The second-order valence-electron chi connectivity index (χ2n) is 4.74.